The Morgan fingerprint density at radius 2 is 0.945 bits per heavy atom. The van der Waals surface area contributed by atoms with Crippen LogP contribution in [-0.2, 0) is 5.41 Å². The van der Waals surface area contributed by atoms with Crippen molar-refractivity contribution in [3.05, 3.63) is 235 Å². The summed E-state index contributed by atoms with van der Waals surface area (Å²) in [6.07, 6.45) is 0. The fraction of sp³-hybridized carbons (Fsp3) is 0.0189. The minimum atomic E-state index is -0.555. The number of benzene rings is 9. The molecule has 0 unspecified atom stereocenters. The molecule has 0 saturated carbocycles. The van der Waals surface area contributed by atoms with Crippen LogP contribution in [0.2, 0.25) is 0 Å². The zero-order valence-electron chi connectivity index (χ0n) is 30.1. The topological polar surface area (TPSA) is 16.4 Å². The van der Waals surface area contributed by atoms with E-state index in [-0.39, 0.29) is 0 Å². The number of hydrogen-bond donors (Lipinski definition) is 0. The molecule has 1 aromatic heterocycles. The van der Waals surface area contributed by atoms with Crippen LogP contribution < -0.4 is 4.90 Å². The number of para-hydroxylation sites is 1. The summed E-state index contributed by atoms with van der Waals surface area (Å²) < 4.78 is 7.17. The predicted molar refractivity (Wildman–Crippen MR) is 229 cm³/mol. The monoisotopic (exact) mass is 701 g/mol. The molecule has 0 radical (unpaired) electrons. The highest BCUT2D eigenvalue weighted by Gasteiger charge is 2.47. The first-order valence-electron chi connectivity index (χ1n) is 18.9. The van der Waals surface area contributed by atoms with E-state index in [1.54, 1.807) is 0 Å². The van der Waals surface area contributed by atoms with E-state index in [4.69, 9.17) is 4.42 Å². The Hall–Kier alpha value is -7.16. The molecule has 9 aromatic carbocycles. The van der Waals surface area contributed by atoms with Crippen molar-refractivity contribution in [1.29, 1.82) is 0 Å². The van der Waals surface area contributed by atoms with Gasteiger partial charge in [-0.15, -0.1) is 0 Å². The molecular weight excluding hydrogens is 667 g/mol. The molecule has 11 rings (SSSR count). The second kappa shape index (κ2) is 12.5. The van der Waals surface area contributed by atoms with E-state index in [0.29, 0.717) is 0 Å². The molecule has 0 fully saturated rings. The van der Waals surface area contributed by atoms with E-state index >= 15 is 0 Å². The lowest BCUT2D eigenvalue weighted by Crippen LogP contribution is -2.28. The fourth-order valence-electron chi connectivity index (χ4n) is 9.17. The predicted octanol–water partition coefficient (Wildman–Crippen LogP) is 14.2. The Bertz CT molecular complexity index is 2980. The lowest BCUT2D eigenvalue weighted by Gasteiger charge is -2.33. The first-order chi connectivity index (χ1) is 27.3. The Morgan fingerprint density at radius 1 is 0.382 bits per heavy atom. The van der Waals surface area contributed by atoms with E-state index < -0.39 is 5.41 Å². The van der Waals surface area contributed by atoms with E-state index in [1.165, 1.54) is 49.7 Å². The second-order valence-electron chi connectivity index (χ2n) is 14.4. The van der Waals surface area contributed by atoms with Gasteiger partial charge in [0.2, 0.25) is 0 Å². The third-order valence-corrected chi connectivity index (χ3v) is 11.5. The van der Waals surface area contributed by atoms with Gasteiger partial charge in [-0.25, -0.2) is 0 Å². The summed E-state index contributed by atoms with van der Waals surface area (Å²) in [7, 11) is 0. The van der Waals surface area contributed by atoms with Crippen LogP contribution in [0, 0.1) is 0 Å². The third-order valence-electron chi connectivity index (χ3n) is 11.5. The molecule has 55 heavy (non-hydrogen) atoms. The molecule has 2 nitrogen and oxygen atoms in total. The van der Waals surface area contributed by atoms with Crippen molar-refractivity contribution < 1.29 is 4.42 Å². The molecule has 0 amide bonds. The first kappa shape index (κ1) is 31.4. The quantitative estimate of drug-likeness (QED) is 0.172. The molecule has 0 atom stereocenters. The summed E-state index contributed by atoms with van der Waals surface area (Å²) in [5.41, 5.74) is 14.3. The van der Waals surface area contributed by atoms with E-state index in [1.807, 2.05) is 0 Å². The minimum absolute atomic E-state index is 0.555. The van der Waals surface area contributed by atoms with Crippen molar-refractivity contribution in [3.63, 3.8) is 0 Å². The van der Waals surface area contributed by atoms with Crippen LogP contribution in [0.15, 0.2) is 217 Å². The van der Waals surface area contributed by atoms with Gasteiger partial charge in [0.25, 0.3) is 0 Å². The Kier molecular flexibility index (Phi) is 7.11. The van der Waals surface area contributed by atoms with Gasteiger partial charge in [-0.3, -0.25) is 0 Å². The van der Waals surface area contributed by atoms with Gasteiger partial charge in [-0.05, 0) is 74.7 Å². The maximum absolute atomic E-state index is 7.17. The second-order valence-corrected chi connectivity index (χ2v) is 14.4. The fourth-order valence-corrected chi connectivity index (χ4v) is 9.17. The molecule has 1 aliphatic carbocycles. The molecule has 0 spiro atoms. The summed E-state index contributed by atoms with van der Waals surface area (Å²) in [5.74, 6) is 0. The zero-order valence-corrected chi connectivity index (χ0v) is 30.1. The van der Waals surface area contributed by atoms with Crippen LogP contribution >= 0.6 is 0 Å². The number of nitrogens with zero attached hydrogens (tertiary/aromatic N) is 1. The Balaban J connectivity index is 1.14. The molecule has 1 heterocycles. The largest absolute Gasteiger partial charge is 0.456 e. The molecule has 258 valence electrons. The van der Waals surface area contributed by atoms with Crippen LogP contribution in [0.1, 0.15) is 22.3 Å². The Morgan fingerprint density at radius 3 is 1.71 bits per heavy atom. The van der Waals surface area contributed by atoms with Gasteiger partial charge in [-0.1, -0.05) is 176 Å². The number of rotatable bonds is 6. The Labute approximate surface area is 320 Å². The summed E-state index contributed by atoms with van der Waals surface area (Å²) in [6, 6.07) is 76.7. The van der Waals surface area contributed by atoms with Crippen molar-refractivity contribution in [3.8, 4) is 22.3 Å². The third kappa shape index (κ3) is 4.75. The highest BCUT2D eigenvalue weighted by molar-refractivity contribution is 6.09. The molecule has 0 N–H and O–H groups in total. The summed E-state index contributed by atoms with van der Waals surface area (Å²) in [5, 5.41) is 4.59. The number of hydrogen-bond acceptors (Lipinski definition) is 2. The van der Waals surface area contributed by atoms with Gasteiger partial charge in [0.05, 0.1) is 11.1 Å². The average Bonchev–Trinajstić information content (AvgIpc) is 3.78. The van der Waals surface area contributed by atoms with Crippen LogP contribution in [0.5, 0.6) is 0 Å². The van der Waals surface area contributed by atoms with Crippen LogP contribution in [-0.4, -0.2) is 0 Å². The summed E-state index contributed by atoms with van der Waals surface area (Å²) in [4.78, 5) is 2.36. The molecule has 10 aromatic rings. The smallest absolute Gasteiger partial charge is 0.140 e. The molecule has 0 bridgehead atoms. The molecule has 1 aliphatic rings. The lowest BCUT2D eigenvalue weighted by atomic mass is 9.67. The van der Waals surface area contributed by atoms with Crippen LogP contribution in [0.4, 0.5) is 17.1 Å². The maximum atomic E-state index is 7.17. The molecule has 2 heteroatoms. The van der Waals surface area contributed by atoms with Crippen molar-refractivity contribution in [2.75, 3.05) is 4.90 Å². The van der Waals surface area contributed by atoms with Crippen molar-refractivity contribution >= 4 is 49.8 Å². The van der Waals surface area contributed by atoms with E-state index in [2.05, 4.69) is 217 Å². The van der Waals surface area contributed by atoms with Crippen molar-refractivity contribution in [2.24, 2.45) is 0 Å². The number of furan rings is 1. The molecule has 0 aliphatic heterocycles. The first-order valence-corrected chi connectivity index (χ1v) is 18.9. The number of anilines is 3. The van der Waals surface area contributed by atoms with Gasteiger partial charge in [0, 0.05) is 39.2 Å². The normalized spacial score (nSPS) is 12.9. The average molecular weight is 702 g/mol. The van der Waals surface area contributed by atoms with Gasteiger partial charge in [0.15, 0.2) is 0 Å². The number of fused-ring (bicyclic) bond motifs is 7. The standard InChI is InChI=1S/C53H35NO/c1-3-15-36(16-4-1)37-29-31-40(32-30-37)54(50-28-13-18-38-17-7-8-21-42(38)50)41-33-34-45-46-24-14-27-49(52(46)55-51(45)35-41)53(39-19-5-2-6-20-39)47-25-11-9-22-43(47)44-23-10-12-26-48(44)53/h1-35H. The van der Waals surface area contributed by atoms with Gasteiger partial charge < -0.3 is 9.32 Å². The van der Waals surface area contributed by atoms with E-state index in [0.717, 1.165) is 44.6 Å². The molecule has 0 saturated heterocycles. The minimum Gasteiger partial charge on any atom is -0.456 e. The van der Waals surface area contributed by atoms with Crippen LogP contribution in [0.3, 0.4) is 0 Å². The highest BCUT2D eigenvalue weighted by Crippen LogP contribution is 2.57. The van der Waals surface area contributed by atoms with Crippen molar-refractivity contribution in [1.82, 2.24) is 0 Å². The molecular formula is C53H35NO. The summed E-state index contributed by atoms with van der Waals surface area (Å²) >= 11 is 0. The van der Waals surface area contributed by atoms with Gasteiger partial charge in [0.1, 0.15) is 11.2 Å². The zero-order chi connectivity index (χ0) is 36.3. The van der Waals surface area contributed by atoms with Crippen molar-refractivity contribution in [2.45, 2.75) is 5.41 Å². The SMILES string of the molecule is c1ccc(-c2ccc(N(c3ccc4c(c3)oc3c(C5(c6ccccc6)c6ccccc6-c6ccccc65)cccc34)c3cccc4ccccc34)cc2)cc1. The van der Waals surface area contributed by atoms with E-state index in [9.17, 15) is 0 Å². The lowest BCUT2D eigenvalue weighted by molar-refractivity contribution is 0.648. The highest BCUT2D eigenvalue weighted by atomic mass is 16.3. The maximum Gasteiger partial charge on any atom is 0.140 e. The van der Waals surface area contributed by atoms with Gasteiger partial charge in [-0.2, -0.15) is 0 Å². The van der Waals surface area contributed by atoms with Crippen LogP contribution in [0.25, 0.3) is 55.0 Å². The van der Waals surface area contributed by atoms with Gasteiger partial charge >= 0.3 is 0 Å². The summed E-state index contributed by atoms with van der Waals surface area (Å²) in [6.45, 7) is 0.